The molecule has 5 rings (SSSR count). The Kier molecular flexibility index (Phi) is 7.40. The zero-order valence-corrected chi connectivity index (χ0v) is 21.8. The molecule has 0 fully saturated rings. The Morgan fingerprint density at radius 2 is 1.74 bits per heavy atom. The van der Waals surface area contributed by atoms with Crippen molar-refractivity contribution in [2.45, 2.75) is 31.4 Å². The first-order valence-electron chi connectivity index (χ1n) is 12.3. The van der Waals surface area contributed by atoms with Crippen LogP contribution in [0.5, 0.6) is 5.75 Å². The number of aryl methyl sites for hydroxylation is 1. The molecule has 0 aliphatic carbocycles. The molecular weight excluding hydrogens is 496 g/mol. The van der Waals surface area contributed by atoms with Gasteiger partial charge in [-0.05, 0) is 71.6 Å². The SMILES string of the molecule is Cc1ccc(S(=O)n2ccc3c(-c4cccc(CN)c4)cc(COc4ccccc4CC(=O)O)cc32)cc1. The Morgan fingerprint density at radius 3 is 2.50 bits per heavy atom. The van der Waals surface area contributed by atoms with Gasteiger partial charge in [-0.2, -0.15) is 0 Å². The van der Waals surface area contributed by atoms with Gasteiger partial charge in [0.05, 0.1) is 16.8 Å². The maximum atomic E-state index is 13.6. The highest BCUT2D eigenvalue weighted by molar-refractivity contribution is 7.83. The van der Waals surface area contributed by atoms with E-state index >= 15 is 0 Å². The Labute approximate surface area is 223 Å². The molecule has 1 heterocycles. The summed E-state index contributed by atoms with van der Waals surface area (Å²) in [6, 6.07) is 28.9. The number of carboxylic acid groups (broad SMARTS) is 1. The third kappa shape index (κ3) is 5.39. The van der Waals surface area contributed by atoms with Gasteiger partial charge in [-0.15, -0.1) is 0 Å². The second kappa shape index (κ2) is 11.0. The van der Waals surface area contributed by atoms with Crippen LogP contribution in [0, 0.1) is 6.92 Å². The van der Waals surface area contributed by atoms with Crippen LogP contribution in [-0.2, 0) is 35.4 Å². The molecular formula is C31H28N2O4S. The number of nitrogens with zero attached hydrogens (tertiary/aromatic N) is 1. The van der Waals surface area contributed by atoms with Gasteiger partial charge >= 0.3 is 5.97 Å². The molecule has 1 unspecified atom stereocenters. The molecule has 38 heavy (non-hydrogen) atoms. The lowest BCUT2D eigenvalue weighted by Gasteiger charge is -2.14. The van der Waals surface area contributed by atoms with Gasteiger partial charge in [0.15, 0.2) is 11.0 Å². The first-order chi connectivity index (χ1) is 18.4. The zero-order chi connectivity index (χ0) is 26.6. The second-order valence-corrected chi connectivity index (χ2v) is 10.5. The van der Waals surface area contributed by atoms with Gasteiger partial charge in [-0.25, -0.2) is 4.21 Å². The van der Waals surface area contributed by atoms with Gasteiger partial charge in [-0.3, -0.25) is 8.77 Å². The van der Waals surface area contributed by atoms with Crippen molar-refractivity contribution in [2.75, 3.05) is 0 Å². The van der Waals surface area contributed by atoms with E-state index < -0.39 is 17.0 Å². The number of carboxylic acids is 1. The summed E-state index contributed by atoms with van der Waals surface area (Å²) in [5.74, 6) is -0.388. The second-order valence-electron chi connectivity index (χ2n) is 9.15. The molecule has 6 nitrogen and oxygen atoms in total. The molecule has 0 spiro atoms. The summed E-state index contributed by atoms with van der Waals surface area (Å²) in [5, 5.41) is 10.2. The van der Waals surface area contributed by atoms with Gasteiger partial charge in [-0.1, -0.05) is 54.1 Å². The van der Waals surface area contributed by atoms with E-state index in [1.165, 1.54) is 0 Å². The third-order valence-electron chi connectivity index (χ3n) is 6.42. The fourth-order valence-corrected chi connectivity index (χ4v) is 5.59. The molecule has 1 aromatic heterocycles. The fourth-order valence-electron chi connectivity index (χ4n) is 4.49. The number of ether oxygens (including phenoxy) is 1. The minimum Gasteiger partial charge on any atom is -0.489 e. The molecule has 0 aliphatic heterocycles. The molecule has 0 radical (unpaired) electrons. The maximum absolute atomic E-state index is 13.6. The van der Waals surface area contributed by atoms with Gasteiger partial charge in [0.25, 0.3) is 0 Å². The smallest absolute Gasteiger partial charge is 0.307 e. The number of aliphatic carboxylic acids is 1. The maximum Gasteiger partial charge on any atom is 0.307 e. The average Bonchev–Trinajstić information content (AvgIpc) is 3.36. The van der Waals surface area contributed by atoms with Crippen molar-refractivity contribution in [3.63, 3.8) is 0 Å². The summed E-state index contributed by atoms with van der Waals surface area (Å²) in [5.41, 5.74) is 12.3. The van der Waals surface area contributed by atoms with Crippen LogP contribution in [0.3, 0.4) is 0 Å². The predicted molar refractivity (Wildman–Crippen MR) is 150 cm³/mol. The van der Waals surface area contributed by atoms with Crippen LogP contribution in [0.15, 0.2) is 102 Å². The van der Waals surface area contributed by atoms with Crippen LogP contribution in [0.25, 0.3) is 22.0 Å². The lowest BCUT2D eigenvalue weighted by Crippen LogP contribution is -2.06. The Balaban J connectivity index is 1.59. The number of rotatable bonds is 9. The number of fused-ring (bicyclic) bond motifs is 1. The van der Waals surface area contributed by atoms with Crippen LogP contribution >= 0.6 is 0 Å². The van der Waals surface area contributed by atoms with E-state index in [2.05, 4.69) is 12.1 Å². The van der Waals surface area contributed by atoms with Crippen molar-refractivity contribution in [1.29, 1.82) is 0 Å². The average molecular weight is 525 g/mol. The Hall–Kier alpha value is -4.20. The summed E-state index contributed by atoms with van der Waals surface area (Å²) >= 11 is 0. The molecule has 0 saturated heterocycles. The minimum atomic E-state index is -1.44. The zero-order valence-electron chi connectivity index (χ0n) is 21.0. The normalized spacial score (nSPS) is 11.9. The summed E-state index contributed by atoms with van der Waals surface area (Å²) in [6.45, 7) is 2.65. The van der Waals surface area contributed by atoms with Gasteiger partial charge in [0.1, 0.15) is 12.4 Å². The van der Waals surface area contributed by atoms with Crippen LogP contribution in [0.1, 0.15) is 22.3 Å². The van der Waals surface area contributed by atoms with Crippen molar-refractivity contribution in [2.24, 2.45) is 5.73 Å². The number of hydrogen-bond donors (Lipinski definition) is 2. The highest BCUT2D eigenvalue weighted by Gasteiger charge is 2.16. The summed E-state index contributed by atoms with van der Waals surface area (Å²) in [7, 11) is -1.44. The molecule has 0 bridgehead atoms. The van der Waals surface area contributed by atoms with E-state index in [4.69, 9.17) is 10.5 Å². The van der Waals surface area contributed by atoms with Crippen molar-refractivity contribution >= 4 is 27.9 Å². The molecule has 192 valence electrons. The standard InChI is InChI=1S/C31H28N2O4S/c1-21-9-11-26(12-10-21)38(36)33-14-13-27-28(24-7-4-5-22(15-24)19-32)16-23(17-29(27)33)20-37-30-8-3-2-6-25(30)18-31(34)35/h2-17H,18-20,32H2,1H3,(H,34,35). The molecule has 0 amide bonds. The van der Waals surface area contributed by atoms with E-state index in [0.29, 0.717) is 22.8 Å². The lowest BCUT2D eigenvalue weighted by molar-refractivity contribution is -0.136. The number of carbonyl (C=O) groups is 1. The van der Waals surface area contributed by atoms with E-state index in [9.17, 15) is 14.1 Å². The van der Waals surface area contributed by atoms with Crippen molar-refractivity contribution in [3.05, 3.63) is 119 Å². The third-order valence-corrected chi connectivity index (χ3v) is 7.77. The van der Waals surface area contributed by atoms with Crippen molar-refractivity contribution in [3.8, 4) is 16.9 Å². The molecule has 5 aromatic rings. The molecule has 4 aromatic carbocycles. The minimum absolute atomic E-state index is 0.120. The van der Waals surface area contributed by atoms with Crippen LogP contribution < -0.4 is 10.5 Å². The highest BCUT2D eigenvalue weighted by atomic mass is 32.2. The molecule has 1 atom stereocenters. The van der Waals surface area contributed by atoms with Gasteiger partial charge in [0.2, 0.25) is 0 Å². The summed E-state index contributed by atoms with van der Waals surface area (Å²) in [6.07, 6.45) is 1.73. The van der Waals surface area contributed by atoms with Crippen LogP contribution in [-0.4, -0.2) is 19.3 Å². The van der Waals surface area contributed by atoms with E-state index in [0.717, 1.165) is 38.7 Å². The number of aromatic nitrogens is 1. The monoisotopic (exact) mass is 524 g/mol. The number of para-hydroxylation sites is 1. The molecule has 3 N–H and O–H groups in total. The lowest BCUT2D eigenvalue weighted by atomic mass is 9.97. The van der Waals surface area contributed by atoms with Gasteiger partial charge < -0.3 is 15.6 Å². The quantitative estimate of drug-likeness (QED) is 0.252. The Bertz CT molecular complexity index is 1640. The first kappa shape index (κ1) is 25.4. The highest BCUT2D eigenvalue weighted by Crippen LogP contribution is 2.33. The Morgan fingerprint density at radius 1 is 0.947 bits per heavy atom. The van der Waals surface area contributed by atoms with Crippen LogP contribution in [0.4, 0.5) is 0 Å². The topological polar surface area (TPSA) is 94.5 Å². The fraction of sp³-hybridized carbons (Fsp3) is 0.129. The van der Waals surface area contributed by atoms with Crippen LogP contribution in [0.2, 0.25) is 0 Å². The number of benzene rings is 4. The largest absolute Gasteiger partial charge is 0.489 e. The van der Waals surface area contributed by atoms with E-state index in [-0.39, 0.29) is 13.0 Å². The van der Waals surface area contributed by atoms with E-state index in [1.807, 2.05) is 73.8 Å². The summed E-state index contributed by atoms with van der Waals surface area (Å²) < 4.78 is 21.5. The first-order valence-corrected chi connectivity index (χ1v) is 13.4. The number of nitrogens with two attached hydrogens (primary N) is 1. The molecule has 0 aliphatic rings. The predicted octanol–water partition coefficient (Wildman–Crippen LogP) is 5.85. The van der Waals surface area contributed by atoms with E-state index in [1.54, 1.807) is 22.2 Å². The molecule has 0 saturated carbocycles. The van der Waals surface area contributed by atoms with Gasteiger partial charge in [0, 0.05) is 23.7 Å². The number of hydrogen-bond acceptors (Lipinski definition) is 4. The van der Waals surface area contributed by atoms with Crippen molar-refractivity contribution < 1.29 is 18.8 Å². The van der Waals surface area contributed by atoms with Crippen molar-refractivity contribution in [1.82, 2.24) is 3.97 Å². The molecule has 7 heteroatoms. The summed E-state index contributed by atoms with van der Waals surface area (Å²) in [4.78, 5) is 12.0.